The Morgan fingerprint density at radius 3 is 2.78 bits per heavy atom. The molecule has 9 heteroatoms. The zero-order chi connectivity index (χ0) is 22.7. The van der Waals surface area contributed by atoms with Crippen molar-refractivity contribution < 1.29 is 28.3 Å². The number of carbonyl (C=O) groups excluding carboxylic acids is 3. The van der Waals surface area contributed by atoms with Crippen molar-refractivity contribution in [3.05, 3.63) is 46.2 Å². The third kappa shape index (κ3) is 4.38. The second-order valence-corrected chi connectivity index (χ2v) is 8.57. The second kappa shape index (κ2) is 9.52. The number of nitrogens with zero attached hydrogens (tertiary/aromatic N) is 1. The number of thiophene rings is 1. The highest BCUT2D eigenvalue weighted by Crippen LogP contribution is 2.38. The van der Waals surface area contributed by atoms with E-state index in [1.807, 2.05) is 0 Å². The Kier molecular flexibility index (Phi) is 6.55. The third-order valence-electron chi connectivity index (χ3n) is 5.37. The number of hydrogen-bond acceptors (Lipinski definition) is 8. The molecule has 168 valence electrons. The van der Waals surface area contributed by atoms with Gasteiger partial charge in [-0.2, -0.15) is 0 Å². The van der Waals surface area contributed by atoms with E-state index in [9.17, 15) is 14.4 Å². The minimum atomic E-state index is -1.01. The van der Waals surface area contributed by atoms with Crippen LogP contribution < -0.4 is 5.32 Å². The molecule has 32 heavy (non-hydrogen) atoms. The number of benzene rings is 1. The summed E-state index contributed by atoms with van der Waals surface area (Å²) in [7, 11) is 0. The topological polar surface area (TPSA) is 108 Å². The fourth-order valence-electron chi connectivity index (χ4n) is 3.77. The molecule has 0 bridgehead atoms. The number of amides is 1. The minimum Gasteiger partial charge on any atom is -0.462 e. The first-order valence-electron chi connectivity index (χ1n) is 10.7. The van der Waals surface area contributed by atoms with Crippen LogP contribution in [-0.4, -0.2) is 35.5 Å². The van der Waals surface area contributed by atoms with Crippen molar-refractivity contribution in [3.8, 4) is 0 Å². The van der Waals surface area contributed by atoms with E-state index in [0.29, 0.717) is 21.7 Å². The average Bonchev–Trinajstić information content (AvgIpc) is 3.40. The number of rotatable bonds is 7. The smallest absolute Gasteiger partial charge is 0.341 e. The van der Waals surface area contributed by atoms with Gasteiger partial charge in [-0.3, -0.25) is 4.79 Å². The highest BCUT2D eigenvalue weighted by molar-refractivity contribution is 7.17. The molecule has 0 aliphatic heterocycles. The van der Waals surface area contributed by atoms with Gasteiger partial charge >= 0.3 is 11.9 Å². The van der Waals surface area contributed by atoms with Crippen LogP contribution in [0.5, 0.6) is 0 Å². The molecule has 1 aromatic carbocycles. The van der Waals surface area contributed by atoms with Crippen LogP contribution in [0.3, 0.4) is 0 Å². The summed E-state index contributed by atoms with van der Waals surface area (Å²) in [5.41, 5.74) is 2.75. The number of anilines is 1. The van der Waals surface area contributed by atoms with Gasteiger partial charge in [-0.1, -0.05) is 6.92 Å². The molecule has 0 radical (unpaired) electrons. The lowest BCUT2D eigenvalue weighted by Crippen LogP contribution is -2.32. The van der Waals surface area contributed by atoms with Crippen LogP contribution in [0.1, 0.15) is 64.3 Å². The monoisotopic (exact) mass is 456 g/mol. The van der Waals surface area contributed by atoms with Gasteiger partial charge in [0.15, 0.2) is 18.1 Å². The number of hydrogen-bond donors (Lipinski definition) is 1. The van der Waals surface area contributed by atoms with Gasteiger partial charge in [0.2, 0.25) is 0 Å². The molecular weight excluding hydrogens is 432 g/mol. The Bertz CT molecular complexity index is 1160. The number of nitrogens with one attached hydrogen (secondary N) is 1. The fourth-order valence-corrected chi connectivity index (χ4v) is 5.05. The van der Waals surface area contributed by atoms with E-state index in [-0.39, 0.29) is 18.6 Å². The maximum atomic E-state index is 13.0. The summed E-state index contributed by atoms with van der Waals surface area (Å²) >= 11 is 1.40. The average molecular weight is 457 g/mol. The molecular formula is C23H24N2O6S. The lowest BCUT2D eigenvalue weighted by molar-refractivity contribution is -0.124. The number of oxazole rings is 1. The van der Waals surface area contributed by atoms with Gasteiger partial charge in [0.1, 0.15) is 10.5 Å². The molecule has 0 fully saturated rings. The molecule has 1 aliphatic carbocycles. The zero-order valence-corrected chi connectivity index (χ0v) is 18.8. The Balaban J connectivity index is 1.52. The molecule has 0 spiro atoms. The van der Waals surface area contributed by atoms with Gasteiger partial charge in [0, 0.05) is 4.88 Å². The quantitative estimate of drug-likeness (QED) is 0.521. The van der Waals surface area contributed by atoms with E-state index in [1.165, 1.54) is 17.7 Å². The van der Waals surface area contributed by atoms with Crippen molar-refractivity contribution in [3.63, 3.8) is 0 Å². The van der Waals surface area contributed by atoms with Gasteiger partial charge in [0.05, 0.1) is 17.7 Å². The molecule has 0 saturated carbocycles. The Labute approximate surface area is 188 Å². The first-order chi connectivity index (χ1) is 15.5. The zero-order valence-electron chi connectivity index (χ0n) is 17.9. The molecule has 3 aromatic rings. The van der Waals surface area contributed by atoms with E-state index in [1.54, 1.807) is 32.0 Å². The number of fused-ring (bicyclic) bond motifs is 2. The third-order valence-corrected chi connectivity index (χ3v) is 6.57. The Hall–Kier alpha value is -3.20. The van der Waals surface area contributed by atoms with Crippen molar-refractivity contribution in [1.29, 1.82) is 0 Å². The largest absolute Gasteiger partial charge is 0.462 e. The van der Waals surface area contributed by atoms with Crippen LogP contribution in [0.4, 0.5) is 5.00 Å². The lowest BCUT2D eigenvalue weighted by atomic mass is 9.95. The van der Waals surface area contributed by atoms with Gasteiger partial charge in [-0.05, 0) is 62.8 Å². The molecule has 8 nitrogen and oxygen atoms in total. The number of aryl methyl sites for hydroxylation is 1. The normalized spacial score (nSPS) is 13.9. The summed E-state index contributed by atoms with van der Waals surface area (Å²) in [5, 5.41) is 3.27. The fraction of sp³-hybridized carbons (Fsp3) is 0.391. The molecule has 2 heterocycles. The molecule has 1 atom stereocenters. The number of esters is 2. The van der Waals surface area contributed by atoms with Crippen molar-refractivity contribution >= 4 is 45.3 Å². The molecule has 1 aliphatic rings. The lowest BCUT2D eigenvalue weighted by Gasteiger charge is -2.16. The van der Waals surface area contributed by atoms with E-state index in [2.05, 4.69) is 10.3 Å². The van der Waals surface area contributed by atoms with Crippen LogP contribution in [0.25, 0.3) is 11.1 Å². The summed E-state index contributed by atoms with van der Waals surface area (Å²) in [5.74, 6) is -1.55. The van der Waals surface area contributed by atoms with Crippen LogP contribution in [0, 0.1) is 0 Å². The summed E-state index contributed by atoms with van der Waals surface area (Å²) in [4.78, 5) is 43.3. The maximum absolute atomic E-state index is 13.0. The van der Waals surface area contributed by atoms with Crippen molar-refractivity contribution in [2.24, 2.45) is 0 Å². The summed E-state index contributed by atoms with van der Waals surface area (Å²) < 4.78 is 15.9. The first-order valence-corrected chi connectivity index (χ1v) is 11.5. The van der Waals surface area contributed by atoms with Crippen molar-refractivity contribution in [2.75, 3.05) is 11.9 Å². The Morgan fingerprint density at radius 2 is 2.00 bits per heavy atom. The van der Waals surface area contributed by atoms with Crippen LogP contribution >= 0.6 is 11.3 Å². The summed E-state index contributed by atoms with van der Waals surface area (Å²) in [6.45, 7) is 3.75. The predicted molar refractivity (Wildman–Crippen MR) is 119 cm³/mol. The SMILES string of the molecule is CCOC(=O)c1c(NC(=O)C(CC)OC(=O)c2ccc3ocnc3c2)sc2c1CCCC2. The number of aromatic nitrogens is 1. The molecule has 2 aromatic heterocycles. The van der Waals surface area contributed by atoms with E-state index < -0.39 is 23.9 Å². The standard InChI is InChI=1S/C23H24N2O6S/c1-3-16(31-22(27)13-9-10-17-15(11-13)24-12-30-17)20(26)25-21-19(23(28)29-4-2)14-7-5-6-8-18(14)32-21/h9-12,16H,3-8H2,1-2H3,(H,25,26). The predicted octanol–water partition coefficient (Wildman–Crippen LogP) is 4.52. The van der Waals surface area contributed by atoms with Crippen LogP contribution in [-0.2, 0) is 27.1 Å². The maximum Gasteiger partial charge on any atom is 0.341 e. The molecule has 4 rings (SSSR count). The van der Waals surface area contributed by atoms with Gasteiger partial charge < -0.3 is 19.2 Å². The Morgan fingerprint density at radius 1 is 1.19 bits per heavy atom. The minimum absolute atomic E-state index is 0.252. The highest BCUT2D eigenvalue weighted by atomic mass is 32.1. The van der Waals surface area contributed by atoms with Crippen molar-refractivity contribution in [2.45, 2.75) is 52.1 Å². The van der Waals surface area contributed by atoms with Crippen molar-refractivity contribution in [1.82, 2.24) is 4.98 Å². The first kappa shape index (κ1) is 22.0. The van der Waals surface area contributed by atoms with E-state index in [0.717, 1.165) is 36.1 Å². The van der Waals surface area contributed by atoms with E-state index in [4.69, 9.17) is 13.9 Å². The highest BCUT2D eigenvalue weighted by Gasteiger charge is 2.29. The molecule has 1 unspecified atom stereocenters. The van der Waals surface area contributed by atoms with Gasteiger partial charge in [-0.15, -0.1) is 11.3 Å². The van der Waals surface area contributed by atoms with E-state index >= 15 is 0 Å². The molecule has 0 saturated heterocycles. The second-order valence-electron chi connectivity index (χ2n) is 7.46. The molecule has 1 amide bonds. The summed E-state index contributed by atoms with van der Waals surface area (Å²) in [6, 6.07) is 4.74. The van der Waals surface area contributed by atoms with Crippen LogP contribution in [0.2, 0.25) is 0 Å². The molecule has 1 N–H and O–H groups in total. The van der Waals surface area contributed by atoms with Crippen LogP contribution in [0.15, 0.2) is 29.0 Å². The van der Waals surface area contributed by atoms with Gasteiger partial charge in [-0.25, -0.2) is 14.6 Å². The number of carbonyl (C=O) groups is 3. The van der Waals surface area contributed by atoms with Gasteiger partial charge in [0.25, 0.3) is 5.91 Å². The number of ether oxygens (including phenoxy) is 2. The summed E-state index contributed by atoms with van der Waals surface area (Å²) in [6.07, 6.45) is 4.27.